The second-order valence-electron chi connectivity index (χ2n) is 19.6. The van der Waals surface area contributed by atoms with Crippen molar-refractivity contribution >= 4 is 29.2 Å². The lowest BCUT2D eigenvalue weighted by atomic mass is 9.81. The Balaban J connectivity index is 1.45. The summed E-state index contributed by atoms with van der Waals surface area (Å²) in [6, 6.07) is 7.34. The summed E-state index contributed by atoms with van der Waals surface area (Å²) in [5.41, 5.74) is 2.37. The first-order valence-corrected chi connectivity index (χ1v) is 24.1. The van der Waals surface area contributed by atoms with Gasteiger partial charge in [-0.2, -0.15) is 5.26 Å². The van der Waals surface area contributed by atoms with Crippen LogP contribution in [0.1, 0.15) is 128 Å². The molecule has 0 aromatic heterocycles. The summed E-state index contributed by atoms with van der Waals surface area (Å²) in [6.07, 6.45) is 3.44. The third-order valence-electron chi connectivity index (χ3n) is 14.6. The first kappa shape index (κ1) is 53.8. The number of esters is 1. The van der Waals surface area contributed by atoms with Gasteiger partial charge in [-0.3, -0.25) is 19.2 Å². The lowest BCUT2D eigenvalue weighted by molar-refractivity contribution is -0.302. The molecule has 1 amide bonds. The van der Waals surface area contributed by atoms with E-state index >= 15 is 0 Å². The average Bonchev–Trinajstić information content (AvgIpc) is 3.32. The molecule has 0 radical (unpaired) electrons. The predicted molar refractivity (Wildman–Crippen MR) is 247 cm³/mol. The lowest BCUT2D eigenvalue weighted by Crippen LogP contribution is -2.64. The number of piperidine rings is 1. The lowest BCUT2D eigenvalue weighted by Gasteiger charge is -2.47. The highest BCUT2D eigenvalue weighted by atomic mass is 16.7. The number of benzene rings is 1. The summed E-state index contributed by atoms with van der Waals surface area (Å²) in [6.45, 7) is 11.0. The van der Waals surface area contributed by atoms with Crippen molar-refractivity contribution in [3.8, 4) is 6.07 Å². The number of hydrogen-bond donors (Lipinski definition) is 2. The Hall–Kier alpha value is -4.14. The maximum Gasteiger partial charge on any atom is 0.329 e. The molecule has 14 unspecified atom stereocenters. The Kier molecular flexibility index (Phi) is 19.6. The normalized spacial score (nSPS) is 36.4. The number of methoxy groups -OCH3 is 3. The number of rotatable bonds is 10. The molecule has 14 atom stereocenters. The van der Waals surface area contributed by atoms with Crippen molar-refractivity contribution in [1.82, 2.24) is 4.90 Å². The molecule has 0 spiro atoms. The third kappa shape index (κ3) is 13.1. The van der Waals surface area contributed by atoms with E-state index in [4.69, 9.17) is 28.4 Å². The van der Waals surface area contributed by atoms with Crippen molar-refractivity contribution < 1.29 is 62.6 Å². The third-order valence-corrected chi connectivity index (χ3v) is 14.6. The minimum Gasteiger partial charge on any atom is -0.456 e. The van der Waals surface area contributed by atoms with Crippen LogP contribution < -0.4 is 0 Å². The van der Waals surface area contributed by atoms with Crippen molar-refractivity contribution in [3.05, 3.63) is 58.7 Å². The van der Waals surface area contributed by atoms with Crippen LogP contribution in [0.3, 0.4) is 0 Å². The molecule has 4 aliphatic rings. The van der Waals surface area contributed by atoms with Gasteiger partial charge in [0.25, 0.3) is 11.7 Å². The molecule has 15 heteroatoms. The zero-order chi connectivity index (χ0) is 49.2. The van der Waals surface area contributed by atoms with Crippen LogP contribution in [0.2, 0.25) is 0 Å². The number of nitrogens with zero attached hydrogens (tertiary/aromatic N) is 2. The van der Waals surface area contributed by atoms with Crippen LogP contribution in [0.25, 0.3) is 0 Å². The van der Waals surface area contributed by atoms with E-state index in [2.05, 4.69) is 0 Å². The molecule has 3 aliphatic heterocycles. The van der Waals surface area contributed by atoms with Crippen LogP contribution in [0.15, 0.2) is 47.6 Å². The van der Waals surface area contributed by atoms with Crippen LogP contribution in [-0.4, -0.2) is 133 Å². The van der Waals surface area contributed by atoms with E-state index in [1.165, 1.54) is 25.2 Å². The highest BCUT2D eigenvalue weighted by molar-refractivity contribution is 6.39. The largest absolute Gasteiger partial charge is 0.456 e. The summed E-state index contributed by atoms with van der Waals surface area (Å²) < 4.78 is 36.3. The number of aliphatic hydroxyl groups excluding tert-OH is 1. The van der Waals surface area contributed by atoms with Crippen LogP contribution in [0.5, 0.6) is 0 Å². The Bertz CT molecular complexity index is 2010. The zero-order valence-electron chi connectivity index (χ0n) is 40.9. The number of Topliss-reactive ketones (excluding diaryl/α,β-unsaturated/α-hetero) is 3. The fraction of sp³-hybridized carbons (Fsp3) is 0.692. The van der Waals surface area contributed by atoms with Crippen molar-refractivity contribution in [3.63, 3.8) is 0 Å². The summed E-state index contributed by atoms with van der Waals surface area (Å²) >= 11 is 0. The standard InChI is InChI=1S/C52H74N2O13/c1-10-37-21-30(2)20-31(3)22-45(63-8)48-46(64-9)24-33(5)52(61,67-48)49(58)50(59)54-19-12-11-16-39(54)51(60)66-47(34(6)40(55)27-41(37)56)32(4)23-35-17-18-43(44(26-35)62-7)65-29-42(57)38-15-13-14-36(25-38)28-53/h13-15,21,23,25,31,33-35,37,39-40,43-48,55,61H,10-12,16-20,22,24,26-27,29H2,1-9H3/b30-21+,32-23?. The van der Waals surface area contributed by atoms with Gasteiger partial charge in [0.05, 0.1) is 42.2 Å². The molecule has 3 fully saturated rings. The summed E-state index contributed by atoms with van der Waals surface area (Å²) in [7, 11) is 4.63. The monoisotopic (exact) mass is 935 g/mol. The molecule has 370 valence electrons. The van der Waals surface area contributed by atoms with Crippen LogP contribution in [0.4, 0.5) is 0 Å². The van der Waals surface area contributed by atoms with Gasteiger partial charge in [-0.25, -0.2) is 4.79 Å². The van der Waals surface area contributed by atoms with Gasteiger partial charge in [-0.05, 0) is 108 Å². The van der Waals surface area contributed by atoms with Gasteiger partial charge in [0.15, 0.2) is 5.78 Å². The average molecular weight is 935 g/mol. The molecule has 2 saturated heterocycles. The molecule has 3 heterocycles. The molecular weight excluding hydrogens is 861 g/mol. The molecule has 1 aromatic rings. The van der Waals surface area contributed by atoms with Crippen LogP contribution in [0, 0.1) is 40.9 Å². The number of hydrogen-bond acceptors (Lipinski definition) is 14. The highest BCUT2D eigenvalue weighted by Gasteiger charge is 2.56. The van der Waals surface area contributed by atoms with E-state index in [0.717, 1.165) is 5.57 Å². The number of ether oxygens (including phenoxy) is 6. The molecule has 2 N–H and O–H groups in total. The highest BCUT2D eigenvalue weighted by Crippen LogP contribution is 2.39. The molecule has 2 bridgehead atoms. The SMILES string of the molecule is CCC1/C=C(\C)CC(C)CC(OC)C2OC(O)(C(=O)C(=O)N3CCCCC3C(=O)OC(C(C)=CC3CCC(OCC(=O)c4cccc(C#N)c4)C(OC)C3)C(C)C(O)CC1=O)C(C)CC2OC. The number of carbonyl (C=O) groups is 5. The Labute approximate surface area is 396 Å². The first-order chi connectivity index (χ1) is 31.9. The molecule has 15 nitrogen and oxygen atoms in total. The maximum atomic E-state index is 14.5. The van der Waals surface area contributed by atoms with E-state index in [1.54, 1.807) is 39.2 Å². The number of aliphatic hydroxyl groups is 2. The van der Waals surface area contributed by atoms with Crippen molar-refractivity contribution in [2.45, 2.75) is 167 Å². The number of fused-ring (bicyclic) bond motifs is 3. The minimum atomic E-state index is -2.53. The summed E-state index contributed by atoms with van der Waals surface area (Å²) in [5, 5.41) is 33.2. The van der Waals surface area contributed by atoms with Crippen LogP contribution in [-0.2, 0) is 47.6 Å². The Morgan fingerprint density at radius 2 is 1.66 bits per heavy atom. The van der Waals surface area contributed by atoms with E-state index in [9.17, 15) is 39.4 Å². The topological polar surface area (TPSA) is 208 Å². The minimum absolute atomic E-state index is 0.0115. The second kappa shape index (κ2) is 24.4. The molecule has 5 rings (SSSR count). The molecule has 1 aromatic carbocycles. The van der Waals surface area contributed by atoms with Gasteiger partial charge in [-0.15, -0.1) is 0 Å². The van der Waals surface area contributed by atoms with Crippen LogP contribution >= 0.6 is 0 Å². The van der Waals surface area contributed by atoms with Crippen molar-refractivity contribution in [1.29, 1.82) is 5.26 Å². The molecule has 1 saturated carbocycles. The number of allylic oxidation sites excluding steroid dienone is 3. The van der Waals surface area contributed by atoms with Gasteiger partial charge < -0.3 is 43.5 Å². The molecule has 67 heavy (non-hydrogen) atoms. The van der Waals surface area contributed by atoms with E-state index in [0.29, 0.717) is 68.1 Å². The first-order valence-electron chi connectivity index (χ1n) is 24.1. The number of amides is 1. The number of cyclic esters (lactones) is 1. The van der Waals surface area contributed by atoms with Gasteiger partial charge in [-0.1, -0.05) is 57.6 Å². The van der Waals surface area contributed by atoms with Gasteiger partial charge in [0.1, 0.15) is 30.6 Å². The molecule has 1 aliphatic carbocycles. The second-order valence-corrected chi connectivity index (χ2v) is 19.6. The predicted octanol–water partition coefficient (Wildman–Crippen LogP) is 6.25. The van der Waals surface area contributed by atoms with Crippen molar-refractivity contribution in [2.24, 2.45) is 29.6 Å². The number of carbonyl (C=O) groups excluding carboxylic acids is 5. The smallest absolute Gasteiger partial charge is 0.329 e. The quantitative estimate of drug-likeness (QED) is 0.115. The maximum absolute atomic E-state index is 14.5. The van der Waals surface area contributed by atoms with E-state index < -0.39 is 77.8 Å². The van der Waals surface area contributed by atoms with E-state index in [-0.39, 0.29) is 68.0 Å². The molecular formula is C52H74N2O13. The summed E-state index contributed by atoms with van der Waals surface area (Å²) in [5.74, 6) is -8.09. The van der Waals surface area contributed by atoms with Gasteiger partial charge >= 0.3 is 5.97 Å². The van der Waals surface area contributed by atoms with Gasteiger partial charge in [0, 0.05) is 57.6 Å². The van der Waals surface area contributed by atoms with Crippen molar-refractivity contribution in [2.75, 3.05) is 34.5 Å². The fourth-order valence-corrected chi connectivity index (χ4v) is 10.6. The Morgan fingerprint density at radius 1 is 0.955 bits per heavy atom. The van der Waals surface area contributed by atoms with Gasteiger partial charge in [0.2, 0.25) is 5.79 Å². The number of nitriles is 1. The Morgan fingerprint density at radius 3 is 2.33 bits per heavy atom. The van der Waals surface area contributed by atoms with E-state index in [1.807, 2.05) is 45.9 Å². The zero-order valence-corrected chi connectivity index (χ0v) is 40.9. The number of ketones is 3. The summed E-state index contributed by atoms with van der Waals surface area (Å²) in [4.78, 5) is 71.3. The fourth-order valence-electron chi connectivity index (χ4n) is 10.6.